The summed E-state index contributed by atoms with van der Waals surface area (Å²) >= 11 is 0. The van der Waals surface area contributed by atoms with Crippen molar-refractivity contribution in [3.05, 3.63) is 98.0 Å². The number of carbonyl (C=O) groups excluding carboxylic acids is 1. The molecule has 0 spiro atoms. The Bertz CT molecular complexity index is 1500. The fraction of sp³-hybridized carbons (Fsp3) is 0.174. The van der Waals surface area contributed by atoms with E-state index in [0.29, 0.717) is 0 Å². The number of benzene rings is 2. The molecule has 33 heavy (non-hydrogen) atoms. The van der Waals surface area contributed by atoms with Gasteiger partial charge in [0.25, 0.3) is 21.5 Å². The molecular formula is C23H22N4O5S. The number of aromatic amines is 1. The highest BCUT2D eigenvalue weighted by atomic mass is 32.2. The van der Waals surface area contributed by atoms with E-state index in [4.69, 9.17) is 0 Å². The number of hydrogen-bond acceptors (Lipinski definition) is 5. The number of para-hydroxylation sites is 1. The fourth-order valence-corrected chi connectivity index (χ4v) is 5.17. The average molecular weight is 467 g/mol. The number of rotatable bonds is 3. The van der Waals surface area contributed by atoms with Crippen LogP contribution in [0.2, 0.25) is 0 Å². The maximum absolute atomic E-state index is 13.8. The second kappa shape index (κ2) is 8.21. The summed E-state index contributed by atoms with van der Waals surface area (Å²) in [7, 11) is -1.13. The molecule has 0 aliphatic carbocycles. The van der Waals surface area contributed by atoms with Crippen molar-refractivity contribution >= 4 is 27.7 Å². The minimum absolute atomic E-state index is 0.0418. The molecule has 2 aromatic carbocycles. The topological polar surface area (TPSA) is 113 Å². The van der Waals surface area contributed by atoms with E-state index in [1.807, 2.05) is 6.92 Å². The molecule has 1 aliphatic heterocycles. The van der Waals surface area contributed by atoms with Gasteiger partial charge in [-0.2, -0.15) is 0 Å². The molecular weight excluding hydrogens is 444 g/mol. The Hall–Kier alpha value is -3.92. The highest BCUT2D eigenvalue weighted by molar-refractivity contribution is 7.93. The van der Waals surface area contributed by atoms with Crippen molar-refractivity contribution in [1.82, 2.24) is 14.5 Å². The third-order valence-electron chi connectivity index (χ3n) is 5.38. The van der Waals surface area contributed by atoms with Crippen LogP contribution in [-0.4, -0.2) is 42.4 Å². The van der Waals surface area contributed by atoms with Crippen LogP contribution in [0.4, 0.5) is 5.69 Å². The third kappa shape index (κ3) is 4.00. The second-order valence-corrected chi connectivity index (χ2v) is 9.64. The Morgan fingerprint density at radius 1 is 0.970 bits per heavy atom. The molecule has 0 radical (unpaired) electrons. The van der Waals surface area contributed by atoms with Gasteiger partial charge in [0.1, 0.15) is 0 Å². The van der Waals surface area contributed by atoms with Crippen LogP contribution in [-0.2, 0) is 17.1 Å². The van der Waals surface area contributed by atoms with Gasteiger partial charge in [0.05, 0.1) is 34.0 Å². The predicted octanol–water partition coefficient (Wildman–Crippen LogP) is 1.70. The molecule has 1 N–H and O–H groups in total. The highest BCUT2D eigenvalue weighted by Gasteiger charge is 2.35. The van der Waals surface area contributed by atoms with Gasteiger partial charge in [0.15, 0.2) is 0 Å². The van der Waals surface area contributed by atoms with Crippen LogP contribution in [0, 0.1) is 6.92 Å². The van der Waals surface area contributed by atoms with Crippen LogP contribution < -0.4 is 15.6 Å². The van der Waals surface area contributed by atoms with Crippen LogP contribution in [0.25, 0.3) is 6.08 Å². The SMILES string of the molecule is Cc1ccc(S(=O)(=O)N2/C(=C/c3cn(C)c(=O)[nH]c3=O)CN(C)C(=O)c3ccccc32)cc1. The zero-order valence-corrected chi connectivity index (χ0v) is 19.1. The molecule has 1 aliphatic rings. The number of fused-ring (bicyclic) bond motifs is 1. The number of aryl methyl sites for hydroxylation is 2. The van der Waals surface area contributed by atoms with Gasteiger partial charge in [-0.3, -0.25) is 14.6 Å². The molecule has 9 nitrogen and oxygen atoms in total. The Balaban J connectivity index is 2.02. The first-order chi connectivity index (χ1) is 15.6. The minimum Gasteiger partial charge on any atom is -0.336 e. The van der Waals surface area contributed by atoms with Crippen molar-refractivity contribution < 1.29 is 13.2 Å². The molecule has 1 amide bonds. The molecule has 4 rings (SSSR count). The zero-order chi connectivity index (χ0) is 23.9. The van der Waals surface area contributed by atoms with Crippen molar-refractivity contribution in [2.45, 2.75) is 11.8 Å². The standard InChI is InChI=1S/C23H22N4O5S/c1-15-8-10-18(11-9-15)33(31,32)27-17(12-16-13-26(3)23(30)24-21(16)28)14-25(2)22(29)19-6-4-5-7-20(19)27/h4-13H,14H2,1-3H3,(H,24,28,30)/b17-12+. The molecule has 0 atom stereocenters. The highest BCUT2D eigenvalue weighted by Crippen LogP contribution is 2.35. The molecule has 0 unspecified atom stereocenters. The maximum Gasteiger partial charge on any atom is 0.328 e. The van der Waals surface area contributed by atoms with Gasteiger partial charge in [-0.15, -0.1) is 0 Å². The van der Waals surface area contributed by atoms with Crippen molar-refractivity contribution in [3.8, 4) is 0 Å². The number of sulfonamides is 1. The van der Waals surface area contributed by atoms with Gasteiger partial charge in [-0.1, -0.05) is 29.8 Å². The first-order valence-corrected chi connectivity index (χ1v) is 11.5. The van der Waals surface area contributed by atoms with Gasteiger partial charge < -0.3 is 9.47 Å². The average Bonchev–Trinajstić information content (AvgIpc) is 2.87. The number of H-pyrrole nitrogens is 1. The number of amides is 1. The van der Waals surface area contributed by atoms with Crippen LogP contribution in [0.3, 0.4) is 0 Å². The molecule has 1 aromatic heterocycles. The summed E-state index contributed by atoms with van der Waals surface area (Å²) in [4.78, 5) is 40.8. The molecule has 10 heteroatoms. The van der Waals surface area contributed by atoms with Gasteiger partial charge in [0.2, 0.25) is 0 Å². The largest absolute Gasteiger partial charge is 0.336 e. The van der Waals surface area contributed by atoms with Gasteiger partial charge in [0, 0.05) is 20.3 Å². The summed E-state index contributed by atoms with van der Waals surface area (Å²) in [6, 6.07) is 12.8. The van der Waals surface area contributed by atoms with E-state index < -0.39 is 21.3 Å². The normalized spacial score (nSPS) is 15.5. The summed E-state index contributed by atoms with van der Waals surface area (Å²) in [6.45, 7) is 1.77. The van der Waals surface area contributed by atoms with Crippen LogP contribution in [0.15, 0.2) is 74.9 Å². The zero-order valence-electron chi connectivity index (χ0n) is 18.3. The second-order valence-electron chi connectivity index (χ2n) is 7.85. The Morgan fingerprint density at radius 3 is 2.33 bits per heavy atom. The molecule has 0 fully saturated rings. The summed E-state index contributed by atoms with van der Waals surface area (Å²) in [6.07, 6.45) is 2.71. The molecule has 170 valence electrons. The van der Waals surface area contributed by atoms with E-state index in [1.165, 1.54) is 40.9 Å². The first kappa shape index (κ1) is 22.3. The van der Waals surface area contributed by atoms with E-state index in [9.17, 15) is 22.8 Å². The van der Waals surface area contributed by atoms with E-state index in [1.54, 1.807) is 43.4 Å². The maximum atomic E-state index is 13.8. The van der Waals surface area contributed by atoms with E-state index in [2.05, 4.69) is 4.98 Å². The molecule has 2 heterocycles. The summed E-state index contributed by atoms with van der Waals surface area (Å²) in [5.74, 6) is -0.354. The number of likely N-dealkylation sites (N-methyl/N-ethyl adjacent to an activating group) is 1. The summed E-state index contributed by atoms with van der Waals surface area (Å²) in [5, 5.41) is 0. The lowest BCUT2D eigenvalue weighted by Gasteiger charge is -2.27. The molecule has 0 saturated carbocycles. The smallest absolute Gasteiger partial charge is 0.328 e. The number of aromatic nitrogens is 2. The van der Waals surface area contributed by atoms with E-state index in [-0.39, 0.29) is 39.9 Å². The number of nitrogens with one attached hydrogen (secondary N) is 1. The van der Waals surface area contributed by atoms with Gasteiger partial charge >= 0.3 is 5.69 Å². The first-order valence-electron chi connectivity index (χ1n) is 10.1. The van der Waals surface area contributed by atoms with E-state index in [0.717, 1.165) is 9.87 Å². The minimum atomic E-state index is -4.16. The van der Waals surface area contributed by atoms with E-state index >= 15 is 0 Å². The lowest BCUT2D eigenvalue weighted by Crippen LogP contribution is -2.35. The molecule has 0 saturated heterocycles. The van der Waals surface area contributed by atoms with Crippen molar-refractivity contribution in [1.29, 1.82) is 0 Å². The molecule has 0 bridgehead atoms. The number of anilines is 1. The Labute approximate surface area is 190 Å². The Kier molecular flexibility index (Phi) is 5.54. The monoisotopic (exact) mass is 466 g/mol. The number of carbonyl (C=O) groups is 1. The van der Waals surface area contributed by atoms with Crippen molar-refractivity contribution in [3.63, 3.8) is 0 Å². The van der Waals surface area contributed by atoms with Crippen molar-refractivity contribution in [2.24, 2.45) is 7.05 Å². The van der Waals surface area contributed by atoms with Crippen molar-refractivity contribution in [2.75, 3.05) is 17.9 Å². The van der Waals surface area contributed by atoms with Crippen LogP contribution in [0.1, 0.15) is 21.5 Å². The lowest BCUT2D eigenvalue weighted by molar-refractivity contribution is 0.0811. The third-order valence-corrected chi connectivity index (χ3v) is 7.16. The predicted molar refractivity (Wildman–Crippen MR) is 125 cm³/mol. The number of hydrogen-bond donors (Lipinski definition) is 1. The van der Waals surface area contributed by atoms with Gasteiger partial charge in [-0.25, -0.2) is 17.5 Å². The quantitative estimate of drug-likeness (QED) is 0.631. The lowest BCUT2D eigenvalue weighted by atomic mass is 10.1. The van der Waals surface area contributed by atoms with Gasteiger partial charge in [-0.05, 0) is 37.3 Å². The fourth-order valence-electron chi connectivity index (χ4n) is 3.64. The number of nitrogens with zero attached hydrogens (tertiary/aromatic N) is 3. The summed E-state index contributed by atoms with van der Waals surface area (Å²) in [5.41, 5.74) is 0.299. The van der Waals surface area contributed by atoms with Crippen LogP contribution >= 0.6 is 0 Å². The Morgan fingerprint density at radius 2 is 1.64 bits per heavy atom. The molecule has 3 aromatic rings. The summed E-state index contributed by atoms with van der Waals surface area (Å²) < 4.78 is 30.0. The van der Waals surface area contributed by atoms with Crippen LogP contribution in [0.5, 0.6) is 0 Å².